The van der Waals surface area contributed by atoms with Crippen LogP contribution in [0.3, 0.4) is 0 Å². The van der Waals surface area contributed by atoms with Crippen molar-refractivity contribution in [3.63, 3.8) is 0 Å². The standard InChI is InChI=1S/C37H44N4O4/c1-25(28-16-18-33(45-5)19-17-28)39-24-35(42)34(20-27-12-8-6-9-13-27)40-36(43)30-21-31(23-32(22-30)38-3)37(44)41(4)26(2)29-14-10-7-11-15-29/h6-19,21-23,25-26,34-35,38-39,42H,20,24H2,1-5H3,(H,40,43)/t25-,26+,34+,35-/m1/s1. The maximum absolute atomic E-state index is 13.7. The minimum atomic E-state index is -0.888. The highest BCUT2D eigenvalue weighted by Gasteiger charge is 2.25. The number of nitrogens with one attached hydrogen (secondary N) is 3. The molecular formula is C37H44N4O4. The van der Waals surface area contributed by atoms with Crippen molar-refractivity contribution in [3.8, 4) is 5.75 Å². The number of carbonyl (C=O) groups excluding carboxylic acids is 2. The molecule has 0 heterocycles. The third-order valence-electron chi connectivity index (χ3n) is 8.24. The lowest BCUT2D eigenvalue weighted by molar-refractivity contribution is 0.0742. The maximum Gasteiger partial charge on any atom is 0.254 e. The lowest BCUT2D eigenvalue weighted by Gasteiger charge is -2.27. The Bertz CT molecular complexity index is 1530. The van der Waals surface area contributed by atoms with E-state index in [1.165, 1.54) is 0 Å². The highest BCUT2D eigenvalue weighted by atomic mass is 16.5. The predicted molar refractivity (Wildman–Crippen MR) is 180 cm³/mol. The SMILES string of the molecule is CNc1cc(C(=O)N[C@@H](Cc2ccccc2)[C@H](O)CN[C@H](C)c2ccc(OC)cc2)cc(C(=O)N(C)[C@@H](C)c2ccccc2)c1. The smallest absolute Gasteiger partial charge is 0.254 e. The van der Waals surface area contributed by atoms with Crippen LogP contribution in [-0.4, -0.2) is 61.7 Å². The molecule has 45 heavy (non-hydrogen) atoms. The summed E-state index contributed by atoms with van der Waals surface area (Å²) in [6, 6.07) is 31.6. The van der Waals surface area contributed by atoms with E-state index in [4.69, 9.17) is 4.74 Å². The van der Waals surface area contributed by atoms with E-state index in [2.05, 4.69) is 16.0 Å². The molecule has 0 radical (unpaired) electrons. The fourth-order valence-corrected chi connectivity index (χ4v) is 5.21. The lowest BCUT2D eigenvalue weighted by atomic mass is 9.99. The van der Waals surface area contributed by atoms with Crippen LogP contribution in [0.25, 0.3) is 0 Å². The first kappa shape index (κ1) is 33.2. The summed E-state index contributed by atoms with van der Waals surface area (Å²) in [6.07, 6.45) is -0.456. The topological polar surface area (TPSA) is 103 Å². The Kier molecular flexibility index (Phi) is 11.7. The number of hydrogen-bond donors (Lipinski definition) is 4. The van der Waals surface area contributed by atoms with E-state index < -0.39 is 12.1 Å². The van der Waals surface area contributed by atoms with Gasteiger partial charge in [-0.05, 0) is 67.3 Å². The largest absolute Gasteiger partial charge is 0.497 e. The number of hydrogen-bond acceptors (Lipinski definition) is 6. The van der Waals surface area contributed by atoms with Crippen molar-refractivity contribution < 1.29 is 19.4 Å². The Labute approximate surface area is 266 Å². The molecule has 0 fully saturated rings. The highest BCUT2D eigenvalue weighted by molar-refractivity contribution is 6.01. The molecule has 0 saturated heterocycles. The van der Waals surface area contributed by atoms with Gasteiger partial charge < -0.3 is 30.7 Å². The molecule has 0 unspecified atom stereocenters. The normalized spacial score (nSPS) is 13.6. The van der Waals surface area contributed by atoms with Crippen LogP contribution in [0.15, 0.2) is 103 Å². The third kappa shape index (κ3) is 8.94. The monoisotopic (exact) mass is 608 g/mol. The van der Waals surface area contributed by atoms with Gasteiger partial charge in [-0.15, -0.1) is 0 Å². The summed E-state index contributed by atoms with van der Waals surface area (Å²) in [5.41, 5.74) is 4.43. The van der Waals surface area contributed by atoms with Gasteiger partial charge in [0, 0.05) is 43.5 Å². The molecular weight excluding hydrogens is 564 g/mol. The van der Waals surface area contributed by atoms with Crippen LogP contribution < -0.4 is 20.7 Å². The zero-order chi connectivity index (χ0) is 32.3. The number of anilines is 1. The number of carbonyl (C=O) groups is 2. The fourth-order valence-electron chi connectivity index (χ4n) is 5.21. The summed E-state index contributed by atoms with van der Waals surface area (Å²) < 4.78 is 5.26. The number of aliphatic hydroxyl groups is 1. The summed E-state index contributed by atoms with van der Waals surface area (Å²) >= 11 is 0. The van der Waals surface area contributed by atoms with Gasteiger partial charge in [0.05, 0.1) is 25.3 Å². The third-order valence-corrected chi connectivity index (χ3v) is 8.24. The second-order valence-corrected chi connectivity index (χ2v) is 11.3. The van der Waals surface area contributed by atoms with Crippen LogP contribution in [0.5, 0.6) is 5.75 Å². The summed E-state index contributed by atoms with van der Waals surface area (Å²) in [6.45, 7) is 4.26. The molecule has 8 heteroatoms. The van der Waals surface area contributed by atoms with Gasteiger partial charge in [0.2, 0.25) is 0 Å². The maximum atomic E-state index is 13.7. The van der Waals surface area contributed by atoms with Gasteiger partial charge in [0.25, 0.3) is 11.8 Å². The molecule has 0 aliphatic carbocycles. The van der Waals surface area contributed by atoms with Gasteiger partial charge in [-0.25, -0.2) is 0 Å². The first-order valence-electron chi connectivity index (χ1n) is 15.2. The molecule has 0 aliphatic heterocycles. The molecule has 236 valence electrons. The van der Waals surface area contributed by atoms with Crippen molar-refractivity contribution in [3.05, 3.63) is 131 Å². The number of nitrogens with zero attached hydrogens (tertiary/aromatic N) is 1. The van der Waals surface area contributed by atoms with Crippen molar-refractivity contribution in [2.45, 2.75) is 44.5 Å². The van der Waals surface area contributed by atoms with Crippen LogP contribution in [0.2, 0.25) is 0 Å². The summed E-state index contributed by atoms with van der Waals surface area (Å²) in [5, 5.41) is 20.9. The molecule has 4 rings (SSSR count). The van der Waals surface area contributed by atoms with Gasteiger partial charge in [0.1, 0.15) is 5.75 Å². The van der Waals surface area contributed by atoms with E-state index in [0.717, 1.165) is 22.4 Å². The molecule has 4 aromatic carbocycles. The van der Waals surface area contributed by atoms with E-state index in [0.29, 0.717) is 23.2 Å². The Balaban J connectivity index is 1.51. The zero-order valence-corrected chi connectivity index (χ0v) is 26.7. The van der Waals surface area contributed by atoms with E-state index >= 15 is 0 Å². The van der Waals surface area contributed by atoms with Gasteiger partial charge in [0.15, 0.2) is 0 Å². The van der Waals surface area contributed by atoms with Crippen molar-refractivity contribution >= 4 is 17.5 Å². The highest BCUT2D eigenvalue weighted by Crippen LogP contribution is 2.23. The number of amides is 2. The van der Waals surface area contributed by atoms with Crippen molar-refractivity contribution in [1.29, 1.82) is 0 Å². The molecule has 4 aromatic rings. The first-order valence-corrected chi connectivity index (χ1v) is 15.2. The number of aliphatic hydroxyl groups excluding tert-OH is 1. The number of methoxy groups -OCH3 is 1. The molecule has 2 amide bonds. The van der Waals surface area contributed by atoms with Gasteiger partial charge in [-0.1, -0.05) is 72.8 Å². The quantitative estimate of drug-likeness (QED) is 0.148. The Morgan fingerprint density at radius 3 is 2.09 bits per heavy atom. The second kappa shape index (κ2) is 15.9. The summed E-state index contributed by atoms with van der Waals surface area (Å²) in [7, 11) is 5.14. The fraction of sp³-hybridized carbons (Fsp3) is 0.297. The second-order valence-electron chi connectivity index (χ2n) is 11.3. The number of ether oxygens (including phenoxy) is 1. The Morgan fingerprint density at radius 2 is 1.47 bits per heavy atom. The molecule has 0 aliphatic rings. The van der Waals surface area contributed by atoms with E-state index in [1.54, 1.807) is 44.3 Å². The van der Waals surface area contributed by atoms with E-state index in [-0.39, 0.29) is 30.4 Å². The minimum Gasteiger partial charge on any atom is -0.497 e. The lowest BCUT2D eigenvalue weighted by Crippen LogP contribution is -2.49. The molecule has 4 N–H and O–H groups in total. The van der Waals surface area contributed by atoms with Crippen LogP contribution in [0.4, 0.5) is 5.69 Å². The van der Waals surface area contributed by atoms with E-state index in [1.807, 2.05) is 98.8 Å². The first-order chi connectivity index (χ1) is 21.7. The molecule has 8 nitrogen and oxygen atoms in total. The average Bonchev–Trinajstić information content (AvgIpc) is 3.09. The van der Waals surface area contributed by atoms with Crippen molar-refractivity contribution in [2.75, 3.05) is 33.1 Å². The predicted octanol–water partition coefficient (Wildman–Crippen LogP) is 5.62. The molecule has 0 bridgehead atoms. The Hall–Kier alpha value is -4.66. The van der Waals surface area contributed by atoms with Gasteiger partial charge in [-0.2, -0.15) is 0 Å². The summed E-state index contributed by atoms with van der Waals surface area (Å²) in [4.78, 5) is 29.0. The van der Waals surface area contributed by atoms with Crippen LogP contribution in [-0.2, 0) is 6.42 Å². The molecule has 0 spiro atoms. The molecule has 4 atom stereocenters. The van der Waals surface area contributed by atoms with Crippen molar-refractivity contribution in [2.24, 2.45) is 0 Å². The van der Waals surface area contributed by atoms with Crippen LogP contribution in [0.1, 0.15) is 63.3 Å². The average molecular weight is 609 g/mol. The zero-order valence-electron chi connectivity index (χ0n) is 26.7. The molecule has 0 saturated carbocycles. The summed E-state index contributed by atoms with van der Waals surface area (Å²) in [5.74, 6) is 0.208. The number of benzene rings is 4. The van der Waals surface area contributed by atoms with Crippen LogP contribution in [0, 0.1) is 0 Å². The Morgan fingerprint density at radius 1 is 0.844 bits per heavy atom. The number of rotatable bonds is 14. The van der Waals surface area contributed by atoms with Gasteiger partial charge in [-0.3, -0.25) is 9.59 Å². The van der Waals surface area contributed by atoms with Crippen molar-refractivity contribution in [1.82, 2.24) is 15.5 Å². The molecule has 0 aromatic heterocycles. The van der Waals surface area contributed by atoms with Crippen LogP contribution >= 0.6 is 0 Å². The minimum absolute atomic E-state index is 0.0326. The van der Waals surface area contributed by atoms with E-state index in [9.17, 15) is 14.7 Å². The van der Waals surface area contributed by atoms with Gasteiger partial charge >= 0.3 is 0 Å².